The predicted octanol–water partition coefficient (Wildman–Crippen LogP) is 3.23. The van der Waals surface area contributed by atoms with E-state index in [1.54, 1.807) is 0 Å². The first-order valence-corrected chi connectivity index (χ1v) is 4.89. The fourth-order valence-corrected chi connectivity index (χ4v) is 1.64. The molecule has 0 amide bonds. The zero-order valence-electron chi connectivity index (χ0n) is 8.20. The second kappa shape index (κ2) is 3.88. The fraction of sp³-hybridized carbons (Fsp3) is 0.364. The van der Waals surface area contributed by atoms with E-state index in [-0.39, 0.29) is 0 Å². The Labute approximate surface area is 89.1 Å². The summed E-state index contributed by atoms with van der Waals surface area (Å²) in [7, 11) is 0. The molecule has 1 fully saturated rings. The van der Waals surface area contributed by atoms with Crippen LogP contribution < -0.4 is 0 Å². The molecule has 1 saturated carbocycles. The first kappa shape index (κ1) is 11.1. The van der Waals surface area contributed by atoms with E-state index in [4.69, 9.17) is 0 Å². The normalized spacial score (nSPS) is 16.0. The van der Waals surface area contributed by atoms with Crippen molar-refractivity contribution in [3.8, 4) is 0 Å². The Kier molecular flexibility index (Phi) is 2.69. The summed E-state index contributed by atoms with van der Waals surface area (Å²) in [6.45, 7) is 0. The average molecular weight is 232 g/mol. The Morgan fingerprint density at radius 3 is 2.19 bits per heavy atom. The molecule has 0 atom stereocenters. The Morgan fingerprint density at radius 1 is 1.06 bits per heavy atom. The van der Waals surface area contributed by atoms with Crippen molar-refractivity contribution >= 4 is 5.78 Å². The van der Waals surface area contributed by atoms with Crippen LogP contribution in [0.25, 0.3) is 0 Å². The van der Waals surface area contributed by atoms with Crippen molar-refractivity contribution in [1.29, 1.82) is 0 Å². The van der Waals surface area contributed by atoms with E-state index < -0.39 is 40.5 Å². The molecule has 0 N–H and O–H groups in total. The third-order valence-electron chi connectivity index (χ3n) is 2.84. The molecule has 0 saturated heterocycles. The van der Waals surface area contributed by atoms with Gasteiger partial charge in [0.25, 0.3) is 0 Å². The predicted molar refractivity (Wildman–Crippen MR) is 47.9 cm³/mol. The molecule has 1 aliphatic carbocycles. The van der Waals surface area contributed by atoms with E-state index >= 15 is 0 Å². The number of rotatable bonds is 2. The maximum absolute atomic E-state index is 13.2. The number of carbonyl (C=O) groups excluding carboxylic acids is 1. The third-order valence-corrected chi connectivity index (χ3v) is 2.84. The van der Waals surface area contributed by atoms with Crippen LogP contribution in [0.2, 0.25) is 0 Å². The number of ketones is 1. The minimum absolute atomic E-state index is 0.390. The van der Waals surface area contributed by atoms with Gasteiger partial charge in [0.1, 0.15) is 0 Å². The highest BCUT2D eigenvalue weighted by Gasteiger charge is 2.31. The second-order valence-corrected chi connectivity index (χ2v) is 3.84. The lowest BCUT2D eigenvalue weighted by Crippen LogP contribution is -2.23. The van der Waals surface area contributed by atoms with Crippen molar-refractivity contribution in [2.24, 2.45) is 5.92 Å². The molecule has 0 aromatic heterocycles. The maximum Gasteiger partial charge on any atom is 0.198 e. The van der Waals surface area contributed by atoms with Crippen molar-refractivity contribution in [3.05, 3.63) is 34.9 Å². The van der Waals surface area contributed by atoms with Crippen molar-refractivity contribution < 1.29 is 22.4 Å². The monoisotopic (exact) mass is 232 g/mol. The van der Waals surface area contributed by atoms with Crippen LogP contribution in [-0.4, -0.2) is 5.78 Å². The molecule has 2 rings (SSSR count). The fourth-order valence-electron chi connectivity index (χ4n) is 1.64. The molecule has 16 heavy (non-hydrogen) atoms. The molecule has 0 heterocycles. The molecule has 1 aliphatic rings. The SMILES string of the molecule is O=C(c1cc(F)c(F)c(F)c1F)C1CCC1. The van der Waals surface area contributed by atoms with Gasteiger partial charge in [-0.15, -0.1) is 0 Å². The van der Waals surface area contributed by atoms with Gasteiger partial charge >= 0.3 is 0 Å². The largest absolute Gasteiger partial charge is 0.294 e. The molecule has 0 spiro atoms. The molecule has 5 heteroatoms. The summed E-state index contributed by atoms with van der Waals surface area (Å²) in [5, 5.41) is 0. The minimum Gasteiger partial charge on any atom is -0.294 e. The Morgan fingerprint density at radius 2 is 1.69 bits per heavy atom. The maximum atomic E-state index is 13.2. The van der Waals surface area contributed by atoms with E-state index in [9.17, 15) is 22.4 Å². The van der Waals surface area contributed by atoms with Gasteiger partial charge in [0.2, 0.25) is 0 Å². The van der Waals surface area contributed by atoms with Gasteiger partial charge in [-0.2, -0.15) is 0 Å². The van der Waals surface area contributed by atoms with Gasteiger partial charge in [0.05, 0.1) is 5.56 Å². The zero-order chi connectivity index (χ0) is 11.9. The highest BCUT2D eigenvalue weighted by molar-refractivity contribution is 5.98. The number of Topliss-reactive ketones (excluding diaryl/α,β-unsaturated/α-hetero) is 1. The molecule has 1 nitrogen and oxygen atoms in total. The first-order chi connectivity index (χ1) is 7.52. The van der Waals surface area contributed by atoms with Crippen molar-refractivity contribution in [3.63, 3.8) is 0 Å². The molecular formula is C11H8F4O. The van der Waals surface area contributed by atoms with E-state index in [0.717, 1.165) is 6.42 Å². The van der Waals surface area contributed by atoms with Crippen LogP contribution in [0.5, 0.6) is 0 Å². The summed E-state index contributed by atoms with van der Waals surface area (Å²) < 4.78 is 51.5. The summed E-state index contributed by atoms with van der Waals surface area (Å²) in [6.07, 6.45) is 2.00. The van der Waals surface area contributed by atoms with Crippen LogP contribution in [-0.2, 0) is 0 Å². The van der Waals surface area contributed by atoms with Crippen LogP contribution in [0.15, 0.2) is 6.07 Å². The lowest BCUT2D eigenvalue weighted by Gasteiger charge is -2.23. The summed E-state index contributed by atoms with van der Waals surface area (Å²) in [5.41, 5.74) is -0.693. The molecule has 1 aromatic carbocycles. The average Bonchev–Trinajstić information content (AvgIpc) is 2.17. The lowest BCUT2D eigenvalue weighted by molar-refractivity contribution is 0.0848. The van der Waals surface area contributed by atoms with E-state index in [0.29, 0.717) is 18.9 Å². The molecule has 1 aromatic rings. The van der Waals surface area contributed by atoms with Crippen LogP contribution in [0.1, 0.15) is 29.6 Å². The third kappa shape index (κ3) is 1.60. The van der Waals surface area contributed by atoms with Gasteiger partial charge in [-0.3, -0.25) is 4.79 Å². The van der Waals surface area contributed by atoms with E-state index in [2.05, 4.69) is 0 Å². The van der Waals surface area contributed by atoms with Crippen molar-refractivity contribution in [2.45, 2.75) is 19.3 Å². The van der Waals surface area contributed by atoms with Crippen LogP contribution in [0, 0.1) is 29.2 Å². The highest BCUT2D eigenvalue weighted by Crippen LogP contribution is 2.31. The molecule has 0 aliphatic heterocycles. The second-order valence-electron chi connectivity index (χ2n) is 3.84. The van der Waals surface area contributed by atoms with Gasteiger partial charge in [-0.1, -0.05) is 6.42 Å². The number of hydrogen-bond donors (Lipinski definition) is 0. The summed E-state index contributed by atoms with van der Waals surface area (Å²) in [4.78, 5) is 11.6. The molecule has 0 radical (unpaired) electrons. The number of hydrogen-bond acceptors (Lipinski definition) is 1. The zero-order valence-corrected chi connectivity index (χ0v) is 8.20. The van der Waals surface area contributed by atoms with Crippen LogP contribution >= 0.6 is 0 Å². The van der Waals surface area contributed by atoms with Crippen LogP contribution in [0.4, 0.5) is 17.6 Å². The Hall–Kier alpha value is -1.39. The minimum atomic E-state index is -1.93. The van der Waals surface area contributed by atoms with Gasteiger partial charge in [0.15, 0.2) is 29.1 Å². The lowest BCUT2D eigenvalue weighted by atomic mass is 9.80. The van der Waals surface area contributed by atoms with Gasteiger partial charge in [-0.05, 0) is 18.9 Å². The van der Waals surface area contributed by atoms with E-state index in [1.807, 2.05) is 0 Å². The van der Waals surface area contributed by atoms with E-state index in [1.165, 1.54) is 0 Å². The highest BCUT2D eigenvalue weighted by atomic mass is 19.2. The number of carbonyl (C=O) groups is 1. The number of halogens is 4. The smallest absolute Gasteiger partial charge is 0.198 e. The van der Waals surface area contributed by atoms with Gasteiger partial charge < -0.3 is 0 Å². The Balaban J connectivity index is 2.44. The molecule has 86 valence electrons. The first-order valence-electron chi connectivity index (χ1n) is 4.89. The van der Waals surface area contributed by atoms with Gasteiger partial charge in [0, 0.05) is 5.92 Å². The van der Waals surface area contributed by atoms with Crippen LogP contribution in [0.3, 0.4) is 0 Å². The topological polar surface area (TPSA) is 17.1 Å². The Bertz CT molecular complexity index is 452. The van der Waals surface area contributed by atoms with Crippen molar-refractivity contribution in [1.82, 2.24) is 0 Å². The summed E-state index contributed by atoms with van der Waals surface area (Å²) in [6, 6.07) is 0.425. The number of benzene rings is 1. The standard InChI is InChI=1S/C11H8F4O/c12-7-4-6(8(13)10(15)9(7)14)11(16)5-2-1-3-5/h4-5H,1-3H2. The quantitative estimate of drug-likeness (QED) is 0.331. The summed E-state index contributed by atoms with van der Waals surface area (Å²) >= 11 is 0. The molecular weight excluding hydrogens is 224 g/mol. The molecule has 0 bridgehead atoms. The summed E-state index contributed by atoms with van der Waals surface area (Å²) in [5.74, 6) is -8.00. The van der Waals surface area contributed by atoms with Gasteiger partial charge in [-0.25, -0.2) is 17.6 Å². The van der Waals surface area contributed by atoms with Crippen molar-refractivity contribution in [2.75, 3.05) is 0 Å². The molecule has 0 unspecified atom stereocenters.